The van der Waals surface area contributed by atoms with Crippen LogP contribution in [0.2, 0.25) is 0 Å². The van der Waals surface area contributed by atoms with Crippen molar-refractivity contribution in [1.29, 1.82) is 0 Å². The third kappa shape index (κ3) is 3.81. The van der Waals surface area contributed by atoms with Crippen LogP contribution in [0.4, 0.5) is 0 Å². The first-order valence-corrected chi connectivity index (χ1v) is 6.79. The SMILES string of the molecule is CC(NCCc1cnc[nH]1)c1ccc(I)cc1. The highest BCUT2D eigenvalue weighted by atomic mass is 127. The minimum absolute atomic E-state index is 0.384. The maximum absolute atomic E-state index is 4.00. The average Bonchev–Trinajstić information content (AvgIpc) is 2.83. The van der Waals surface area contributed by atoms with Gasteiger partial charge in [0, 0.05) is 34.5 Å². The number of H-pyrrole nitrogens is 1. The Bertz CT molecular complexity index is 436. The van der Waals surface area contributed by atoms with Gasteiger partial charge < -0.3 is 10.3 Å². The van der Waals surface area contributed by atoms with Crippen molar-refractivity contribution in [2.75, 3.05) is 6.54 Å². The summed E-state index contributed by atoms with van der Waals surface area (Å²) < 4.78 is 1.27. The molecule has 4 heteroatoms. The second-order valence-electron chi connectivity index (χ2n) is 4.05. The smallest absolute Gasteiger partial charge is 0.0921 e. The molecular formula is C13H16IN3. The summed E-state index contributed by atoms with van der Waals surface area (Å²) in [5, 5.41) is 3.51. The summed E-state index contributed by atoms with van der Waals surface area (Å²) in [6.07, 6.45) is 4.57. The summed E-state index contributed by atoms with van der Waals surface area (Å²) in [4.78, 5) is 7.11. The van der Waals surface area contributed by atoms with Crippen molar-refractivity contribution in [2.24, 2.45) is 0 Å². The molecule has 2 N–H and O–H groups in total. The van der Waals surface area contributed by atoms with Crippen LogP contribution in [-0.4, -0.2) is 16.5 Å². The zero-order valence-corrected chi connectivity index (χ0v) is 11.9. The molecule has 0 radical (unpaired) electrons. The van der Waals surface area contributed by atoms with Crippen molar-refractivity contribution < 1.29 is 0 Å². The fourth-order valence-electron chi connectivity index (χ4n) is 1.71. The lowest BCUT2D eigenvalue weighted by atomic mass is 10.1. The van der Waals surface area contributed by atoms with Crippen molar-refractivity contribution in [2.45, 2.75) is 19.4 Å². The normalized spacial score (nSPS) is 12.6. The molecule has 17 heavy (non-hydrogen) atoms. The van der Waals surface area contributed by atoms with Crippen LogP contribution in [-0.2, 0) is 6.42 Å². The van der Waals surface area contributed by atoms with Gasteiger partial charge in [0.25, 0.3) is 0 Å². The Morgan fingerprint density at radius 1 is 1.35 bits per heavy atom. The summed E-state index contributed by atoms with van der Waals surface area (Å²) >= 11 is 2.32. The third-order valence-electron chi connectivity index (χ3n) is 2.77. The zero-order valence-electron chi connectivity index (χ0n) is 9.78. The van der Waals surface area contributed by atoms with Gasteiger partial charge in [0.2, 0.25) is 0 Å². The molecule has 0 saturated carbocycles. The van der Waals surface area contributed by atoms with Gasteiger partial charge in [0.05, 0.1) is 6.33 Å². The number of nitrogens with zero attached hydrogens (tertiary/aromatic N) is 1. The quantitative estimate of drug-likeness (QED) is 0.821. The van der Waals surface area contributed by atoms with Crippen molar-refractivity contribution in [3.63, 3.8) is 0 Å². The summed E-state index contributed by atoms with van der Waals surface area (Å²) in [6.45, 7) is 3.14. The molecule has 90 valence electrons. The van der Waals surface area contributed by atoms with E-state index in [0.717, 1.165) is 13.0 Å². The molecule has 1 aromatic heterocycles. The number of halogens is 1. The van der Waals surface area contributed by atoms with E-state index in [1.165, 1.54) is 14.8 Å². The van der Waals surface area contributed by atoms with E-state index < -0.39 is 0 Å². The Hall–Kier alpha value is -0.880. The predicted molar refractivity (Wildman–Crippen MR) is 77.9 cm³/mol. The zero-order chi connectivity index (χ0) is 12.1. The number of hydrogen-bond acceptors (Lipinski definition) is 2. The lowest BCUT2D eigenvalue weighted by Crippen LogP contribution is -2.21. The van der Waals surface area contributed by atoms with Crippen LogP contribution in [0.3, 0.4) is 0 Å². The van der Waals surface area contributed by atoms with E-state index in [9.17, 15) is 0 Å². The largest absolute Gasteiger partial charge is 0.348 e. The molecule has 0 aliphatic heterocycles. The molecule has 3 nitrogen and oxygen atoms in total. The molecule has 1 unspecified atom stereocenters. The van der Waals surface area contributed by atoms with Gasteiger partial charge in [-0.1, -0.05) is 12.1 Å². The minimum atomic E-state index is 0.384. The number of imidazole rings is 1. The second kappa shape index (κ2) is 6.16. The fourth-order valence-corrected chi connectivity index (χ4v) is 2.07. The summed E-state index contributed by atoms with van der Waals surface area (Å²) in [5.41, 5.74) is 2.50. The molecule has 1 atom stereocenters. The molecule has 0 bridgehead atoms. The van der Waals surface area contributed by atoms with Gasteiger partial charge >= 0.3 is 0 Å². The summed E-state index contributed by atoms with van der Waals surface area (Å²) in [7, 11) is 0. The highest BCUT2D eigenvalue weighted by molar-refractivity contribution is 14.1. The van der Waals surface area contributed by atoms with E-state index in [2.05, 4.69) is 69.1 Å². The lowest BCUT2D eigenvalue weighted by molar-refractivity contribution is 0.574. The Morgan fingerprint density at radius 3 is 2.76 bits per heavy atom. The van der Waals surface area contributed by atoms with Gasteiger partial charge in [-0.2, -0.15) is 0 Å². The number of aromatic amines is 1. The molecule has 1 heterocycles. The van der Waals surface area contributed by atoms with Crippen molar-refractivity contribution in [3.05, 3.63) is 51.6 Å². The second-order valence-corrected chi connectivity index (χ2v) is 5.30. The first-order valence-electron chi connectivity index (χ1n) is 5.72. The Balaban J connectivity index is 1.81. The van der Waals surface area contributed by atoms with Gasteiger partial charge in [-0.15, -0.1) is 0 Å². The highest BCUT2D eigenvalue weighted by Crippen LogP contribution is 2.14. The van der Waals surface area contributed by atoms with Crippen LogP contribution in [0, 0.1) is 3.57 Å². The van der Waals surface area contributed by atoms with Crippen LogP contribution in [0.1, 0.15) is 24.2 Å². The number of rotatable bonds is 5. The van der Waals surface area contributed by atoms with Crippen LogP contribution < -0.4 is 5.32 Å². The molecule has 0 aliphatic carbocycles. The molecule has 0 aliphatic rings. The van der Waals surface area contributed by atoms with E-state index in [4.69, 9.17) is 0 Å². The summed E-state index contributed by atoms with van der Waals surface area (Å²) in [5.74, 6) is 0. The van der Waals surface area contributed by atoms with Crippen LogP contribution >= 0.6 is 22.6 Å². The molecule has 1 aromatic carbocycles. The van der Waals surface area contributed by atoms with Crippen molar-refractivity contribution in [1.82, 2.24) is 15.3 Å². The van der Waals surface area contributed by atoms with E-state index in [-0.39, 0.29) is 0 Å². The van der Waals surface area contributed by atoms with Gasteiger partial charge in [-0.3, -0.25) is 0 Å². The molecule has 2 rings (SSSR count). The highest BCUT2D eigenvalue weighted by Gasteiger charge is 2.04. The standard InChI is InChI=1S/C13H16IN3/c1-10(11-2-4-12(14)5-3-11)16-7-6-13-8-15-9-17-13/h2-5,8-10,16H,6-7H2,1H3,(H,15,17). The van der Waals surface area contributed by atoms with Crippen molar-refractivity contribution in [3.8, 4) is 0 Å². The van der Waals surface area contributed by atoms with Gasteiger partial charge in [-0.05, 0) is 47.2 Å². The molecular weight excluding hydrogens is 325 g/mol. The maximum Gasteiger partial charge on any atom is 0.0921 e. The monoisotopic (exact) mass is 341 g/mol. The number of benzene rings is 1. The first kappa shape index (κ1) is 12.6. The van der Waals surface area contributed by atoms with Crippen LogP contribution in [0.25, 0.3) is 0 Å². The number of nitrogens with one attached hydrogen (secondary N) is 2. The number of hydrogen-bond donors (Lipinski definition) is 2. The lowest BCUT2D eigenvalue weighted by Gasteiger charge is -2.13. The van der Waals surface area contributed by atoms with Crippen LogP contribution in [0.5, 0.6) is 0 Å². The molecule has 0 saturated heterocycles. The van der Waals surface area contributed by atoms with Gasteiger partial charge in [0.1, 0.15) is 0 Å². The summed E-state index contributed by atoms with van der Waals surface area (Å²) in [6, 6.07) is 9.02. The fraction of sp³-hybridized carbons (Fsp3) is 0.308. The minimum Gasteiger partial charge on any atom is -0.348 e. The molecule has 0 amide bonds. The Labute approximate surface area is 115 Å². The van der Waals surface area contributed by atoms with E-state index in [1.54, 1.807) is 6.33 Å². The van der Waals surface area contributed by atoms with E-state index in [1.807, 2.05) is 6.20 Å². The van der Waals surface area contributed by atoms with Crippen molar-refractivity contribution >= 4 is 22.6 Å². The van der Waals surface area contributed by atoms with E-state index >= 15 is 0 Å². The Morgan fingerprint density at radius 2 is 2.12 bits per heavy atom. The predicted octanol–water partition coefficient (Wildman–Crippen LogP) is 2.91. The van der Waals surface area contributed by atoms with Crippen LogP contribution in [0.15, 0.2) is 36.8 Å². The number of aromatic nitrogens is 2. The molecule has 0 fully saturated rings. The Kier molecular flexibility index (Phi) is 4.56. The average molecular weight is 341 g/mol. The van der Waals surface area contributed by atoms with Gasteiger partial charge in [-0.25, -0.2) is 4.98 Å². The maximum atomic E-state index is 4.00. The van der Waals surface area contributed by atoms with Gasteiger partial charge in [0.15, 0.2) is 0 Å². The first-order chi connectivity index (χ1) is 8.25. The topological polar surface area (TPSA) is 40.7 Å². The third-order valence-corrected chi connectivity index (χ3v) is 3.49. The molecule has 2 aromatic rings. The van der Waals surface area contributed by atoms with E-state index in [0.29, 0.717) is 6.04 Å². The molecule has 0 spiro atoms.